The van der Waals surface area contributed by atoms with Gasteiger partial charge in [-0.25, -0.2) is 4.79 Å². The van der Waals surface area contributed by atoms with E-state index in [1.165, 1.54) is 57.8 Å². The van der Waals surface area contributed by atoms with Crippen molar-refractivity contribution in [3.05, 3.63) is 49.8 Å². The van der Waals surface area contributed by atoms with Crippen molar-refractivity contribution in [2.24, 2.45) is 0 Å². The third kappa shape index (κ3) is 11.3. The number of carbonyl (C=O) groups excluding carboxylic acids is 2. The first-order valence-electron chi connectivity index (χ1n) is 19.0. The second-order valence-electron chi connectivity index (χ2n) is 14.2. The second-order valence-corrected chi connectivity index (χ2v) is 20.8. The lowest BCUT2D eigenvalue weighted by Gasteiger charge is -2.44. The standard InChI is InChI=1S/C40H49IN2O15S4/c1-18-26(34(52-4)35(53-5)31(46)28(18)41)37(49)61-36-20(3)55-25(16-22(36)44)58-43-29-19(2)56-38(33(48)32(29)47)57-24-12-10-8-9-11-14-40(51)17-23(45)30(42-39(50)54-6)27(24)21(40)13-15-60-62-59-7/h8-9,13,19-20,22-25,29,32-33,36,38,43-48,51H,15-17H2,1-7H3,(H,42,50)/b9-8-,21-13+/t19-,20-,22+,23?,24+,25+,29-,32+,33-,36-,38+,40+/m1/s1. The highest BCUT2D eigenvalue weighted by molar-refractivity contribution is 14.1. The Kier molecular flexibility index (Phi) is 18.5. The molecule has 62 heavy (non-hydrogen) atoms. The molecule has 1 amide bonds. The van der Waals surface area contributed by atoms with Gasteiger partial charge in [-0.3, -0.25) is 14.9 Å². The normalized spacial score (nSPS) is 33.0. The fourth-order valence-corrected chi connectivity index (χ4v) is 11.3. The van der Waals surface area contributed by atoms with Gasteiger partial charge in [-0.05, 0) is 77.2 Å². The van der Waals surface area contributed by atoms with Gasteiger partial charge in [0.25, 0.3) is 0 Å². The molecule has 1 aromatic carbocycles. The van der Waals surface area contributed by atoms with Gasteiger partial charge in [-0.2, -0.15) is 5.48 Å². The molecule has 8 N–H and O–H groups in total. The van der Waals surface area contributed by atoms with E-state index in [1.807, 2.05) is 28.8 Å². The number of thioether (sulfide) groups is 1. The molecule has 1 aromatic rings. The van der Waals surface area contributed by atoms with Crippen molar-refractivity contribution in [3.63, 3.8) is 0 Å². The number of ether oxygens (including phenoxy) is 6. The number of benzene rings is 1. The molecule has 2 saturated heterocycles. The molecule has 12 atom stereocenters. The predicted octanol–water partition coefficient (Wildman–Crippen LogP) is 3.07. The number of nitrogens with one attached hydrogen (secondary N) is 2. The minimum atomic E-state index is -1.91. The second kappa shape index (κ2) is 22.7. The number of amides is 1. The molecular weight excluding hydrogens is 1000 g/mol. The molecule has 0 spiro atoms. The number of alkyl carbamates (subject to hydrolysis) is 1. The first kappa shape index (κ1) is 50.6. The van der Waals surface area contributed by atoms with Crippen molar-refractivity contribution in [3.8, 4) is 40.9 Å². The van der Waals surface area contributed by atoms with Crippen LogP contribution < -0.4 is 20.3 Å². The van der Waals surface area contributed by atoms with Crippen molar-refractivity contribution in [1.29, 1.82) is 0 Å². The highest BCUT2D eigenvalue weighted by atomic mass is 127. The van der Waals surface area contributed by atoms with E-state index in [4.69, 9.17) is 33.3 Å². The molecule has 0 aromatic heterocycles. The lowest BCUT2D eigenvalue weighted by atomic mass is 9.74. The van der Waals surface area contributed by atoms with Crippen LogP contribution in [0.5, 0.6) is 17.2 Å². The zero-order chi connectivity index (χ0) is 45.5. The van der Waals surface area contributed by atoms with Gasteiger partial charge in [0.1, 0.15) is 18.3 Å². The molecule has 1 unspecified atom stereocenters. The summed E-state index contributed by atoms with van der Waals surface area (Å²) in [6, 6.07) is -1.07. The molecule has 0 saturated carbocycles. The van der Waals surface area contributed by atoms with E-state index in [0.29, 0.717) is 14.9 Å². The van der Waals surface area contributed by atoms with E-state index in [-0.39, 0.29) is 52.5 Å². The average molecular weight is 1050 g/mol. The summed E-state index contributed by atoms with van der Waals surface area (Å²) in [6.07, 6.45) is -6.29. The van der Waals surface area contributed by atoms with Gasteiger partial charge in [-0.15, -0.1) is 0 Å². The molecule has 2 bridgehead atoms. The van der Waals surface area contributed by atoms with Crippen LogP contribution in [0.25, 0.3) is 0 Å². The third-order valence-electron chi connectivity index (χ3n) is 10.3. The molecule has 4 aliphatic rings. The van der Waals surface area contributed by atoms with Gasteiger partial charge in [-0.1, -0.05) is 63.1 Å². The maximum atomic E-state index is 13.7. The fourth-order valence-electron chi connectivity index (χ4n) is 7.22. The molecule has 340 valence electrons. The zero-order valence-electron chi connectivity index (χ0n) is 34.6. The first-order chi connectivity index (χ1) is 29.5. The number of aliphatic hydroxyl groups excluding tert-OH is 4. The maximum absolute atomic E-state index is 13.7. The van der Waals surface area contributed by atoms with Crippen LogP contribution in [0.4, 0.5) is 4.79 Å². The van der Waals surface area contributed by atoms with Crippen LogP contribution >= 0.6 is 65.8 Å². The zero-order valence-corrected chi connectivity index (χ0v) is 40.0. The van der Waals surface area contributed by atoms with Crippen LogP contribution in [0, 0.1) is 34.2 Å². The van der Waals surface area contributed by atoms with Crippen LogP contribution in [0.3, 0.4) is 0 Å². The third-order valence-corrected chi connectivity index (χ3v) is 16.7. The summed E-state index contributed by atoms with van der Waals surface area (Å²) in [7, 11) is 8.36. The Labute approximate surface area is 388 Å². The summed E-state index contributed by atoms with van der Waals surface area (Å²) in [5, 5.41) is 69.3. The number of methoxy groups -OCH3 is 3. The number of rotatable bonds is 14. The number of phenolic OH excluding ortho intramolecular Hbond substituents is 1. The lowest BCUT2D eigenvalue weighted by molar-refractivity contribution is -0.301. The molecule has 22 heteroatoms. The number of allylic oxidation sites excluding steroid dienone is 2. The van der Waals surface area contributed by atoms with Gasteiger partial charge in [0, 0.05) is 29.7 Å². The fraction of sp³-hybridized carbons (Fsp3) is 0.550. The number of phenols is 1. The molecule has 0 radical (unpaired) electrons. The van der Waals surface area contributed by atoms with Crippen molar-refractivity contribution in [1.82, 2.24) is 10.8 Å². The van der Waals surface area contributed by atoms with E-state index in [0.717, 1.165) is 18.9 Å². The Morgan fingerprint density at radius 2 is 1.76 bits per heavy atom. The van der Waals surface area contributed by atoms with Gasteiger partial charge >= 0.3 is 6.09 Å². The van der Waals surface area contributed by atoms with Gasteiger partial charge in [0.2, 0.25) is 10.9 Å². The number of aliphatic hydroxyl groups is 5. The SMILES string of the molecule is COC(=O)NC1=C2/C(=C\CSSSC)[C@](O)(C#C/C=C\C#C[C@@H]2O[C@@H]2O[C@H](C)[C@@H](NO[C@H]3C[C@H](O)[C@H](SC(=O)c4c(C)c(I)c(O)c(OC)c4OC)[C@@H](C)O3)[C@H](O)[C@H]2O)CC1O. The Morgan fingerprint density at radius 1 is 1.05 bits per heavy atom. The molecule has 5 rings (SSSR count). The number of hydrogen-bond donors (Lipinski definition) is 8. The van der Waals surface area contributed by atoms with Crippen molar-refractivity contribution in [2.45, 2.75) is 106 Å². The monoisotopic (exact) mass is 1050 g/mol. The molecule has 2 aliphatic carbocycles. The summed E-state index contributed by atoms with van der Waals surface area (Å²) >= 11 is 2.76. The smallest absolute Gasteiger partial charge is 0.411 e. The number of hydroxylamine groups is 1. The average Bonchev–Trinajstić information content (AvgIpc) is 3.23. The van der Waals surface area contributed by atoms with Gasteiger partial charge < -0.3 is 59.1 Å². The minimum Gasteiger partial charge on any atom is -0.503 e. The Balaban J connectivity index is 1.30. The van der Waals surface area contributed by atoms with Crippen LogP contribution in [-0.2, 0) is 23.8 Å². The first-order valence-corrected chi connectivity index (χ1v) is 25.0. The van der Waals surface area contributed by atoms with Gasteiger partial charge in [0.15, 0.2) is 29.7 Å². The number of aromatic hydroxyl groups is 1. The summed E-state index contributed by atoms with van der Waals surface area (Å²) in [6.45, 7) is 4.93. The predicted molar refractivity (Wildman–Crippen MR) is 243 cm³/mol. The molecule has 17 nitrogen and oxygen atoms in total. The van der Waals surface area contributed by atoms with E-state index < -0.39 is 83.4 Å². The molecule has 2 heterocycles. The van der Waals surface area contributed by atoms with Crippen LogP contribution in [-0.4, -0.2) is 147 Å². The van der Waals surface area contributed by atoms with E-state index in [9.17, 15) is 40.2 Å². The lowest BCUT2D eigenvalue weighted by Crippen LogP contribution is -2.63. The van der Waals surface area contributed by atoms with Crippen molar-refractivity contribution >= 4 is 77.0 Å². The van der Waals surface area contributed by atoms with E-state index >= 15 is 0 Å². The summed E-state index contributed by atoms with van der Waals surface area (Å²) in [5.74, 6) is 11.6. The maximum Gasteiger partial charge on any atom is 0.411 e. The molecule has 2 fully saturated rings. The minimum absolute atomic E-state index is 0.0105. The largest absolute Gasteiger partial charge is 0.503 e. The molecular formula is C40H49IN2O15S4. The van der Waals surface area contributed by atoms with E-state index in [2.05, 4.69) is 34.5 Å². The quantitative estimate of drug-likeness (QED) is 0.0439. The van der Waals surface area contributed by atoms with Gasteiger partial charge in [0.05, 0.1) is 71.9 Å². The van der Waals surface area contributed by atoms with E-state index in [1.54, 1.807) is 26.8 Å². The van der Waals surface area contributed by atoms with Crippen LogP contribution in [0.2, 0.25) is 0 Å². The highest BCUT2D eigenvalue weighted by Gasteiger charge is 2.49. The number of halogens is 1. The number of fused-ring (bicyclic) bond motifs is 2. The summed E-state index contributed by atoms with van der Waals surface area (Å²) in [5.41, 5.74) is 1.66. The van der Waals surface area contributed by atoms with Crippen molar-refractivity contribution in [2.75, 3.05) is 33.3 Å². The Morgan fingerprint density at radius 3 is 2.42 bits per heavy atom. The Hall–Kier alpha value is -2.37. The Bertz CT molecular complexity index is 2040. The highest BCUT2D eigenvalue weighted by Crippen LogP contribution is 2.47. The van der Waals surface area contributed by atoms with Crippen LogP contribution in [0.15, 0.2) is 35.1 Å². The summed E-state index contributed by atoms with van der Waals surface area (Å²) < 4.78 is 34.4. The molecule has 2 aliphatic heterocycles. The number of hydrogen-bond acceptors (Lipinski definition) is 20. The van der Waals surface area contributed by atoms with Crippen LogP contribution in [0.1, 0.15) is 42.6 Å². The number of carbonyl (C=O) groups is 2. The summed E-state index contributed by atoms with van der Waals surface area (Å²) in [4.78, 5) is 32.0. The van der Waals surface area contributed by atoms with Crippen molar-refractivity contribution < 1.29 is 73.5 Å². The topological polar surface area (TPSA) is 244 Å².